The Morgan fingerprint density at radius 3 is 2.74 bits per heavy atom. The lowest BCUT2D eigenvalue weighted by Gasteiger charge is -2.25. The zero-order valence-corrected chi connectivity index (χ0v) is 21.0. The first kappa shape index (κ1) is 26.3. The van der Waals surface area contributed by atoms with Crippen LogP contribution >= 0.6 is 11.8 Å². The molecule has 0 fully saturated rings. The number of para-hydroxylation sites is 1. The number of hydrogen-bond acceptors (Lipinski definition) is 5. The van der Waals surface area contributed by atoms with Crippen molar-refractivity contribution in [3.8, 4) is 17.0 Å². The Balaban J connectivity index is 1.57. The quantitative estimate of drug-likeness (QED) is 0.391. The van der Waals surface area contributed by atoms with Crippen molar-refractivity contribution >= 4 is 23.6 Å². The molecule has 1 unspecified atom stereocenters. The van der Waals surface area contributed by atoms with Gasteiger partial charge in [-0.1, -0.05) is 24.3 Å². The van der Waals surface area contributed by atoms with Crippen molar-refractivity contribution in [2.45, 2.75) is 25.3 Å². The van der Waals surface area contributed by atoms with Crippen LogP contribution in [0.5, 0.6) is 5.75 Å². The molecule has 1 heterocycles. The summed E-state index contributed by atoms with van der Waals surface area (Å²) in [7, 11) is 3.26. The van der Waals surface area contributed by atoms with Crippen LogP contribution in [0.15, 0.2) is 54.6 Å². The number of hydrogen-bond donors (Lipinski definition) is 2. The summed E-state index contributed by atoms with van der Waals surface area (Å²) in [6.07, 6.45) is 3.89. The maximum absolute atomic E-state index is 13.5. The monoisotopic (exact) mass is 498 g/mol. The van der Waals surface area contributed by atoms with Crippen molar-refractivity contribution in [1.29, 1.82) is 0 Å². The number of likely N-dealkylation sites (N-methyl/N-ethyl adjacent to an activating group) is 1. The molecule has 0 saturated carbocycles. The third-order valence-electron chi connectivity index (χ3n) is 5.63. The van der Waals surface area contributed by atoms with Crippen LogP contribution in [0.25, 0.3) is 11.3 Å². The number of carbonyl (C=O) groups excluding carboxylic acids is 2. The molecule has 2 amide bonds. The number of rotatable bonds is 12. The lowest BCUT2D eigenvalue weighted by Crippen LogP contribution is -2.48. The van der Waals surface area contributed by atoms with Crippen molar-refractivity contribution in [3.63, 3.8) is 0 Å². The lowest BCUT2D eigenvalue weighted by molar-refractivity contribution is -0.132. The van der Waals surface area contributed by atoms with E-state index in [1.54, 1.807) is 54.0 Å². The minimum Gasteiger partial charge on any atom is -0.496 e. The van der Waals surface area contributed by atoms with E-state index >= 15 is 0 Å². The minimum absolute atomic E-state index is 0.132. The van der Waals surface area contributed by atoms with Gasteiger partial charge in [0.25, 0.3) is 5.91 Å². The highest BCUT2D eigenvalue weighted by Crippen LogP contribution is 2.20. The van der Waals surface area contributed by atoms with Crippen LogP contribution in [-0.4, -0.2) is 65.7 Å². The molecular weight excluding hydrogens is 467 g/mol. The van der Waals surface area contributed by atoms with E-state index in [9.17, 15) is 14.0 Å². The summed E-state index contributed by atoms with van der Waals surface area (Å²) in [5.74, 6) is 0.436. The van der Waals surface area contributed by atoms with E-state index in [1.165, 1.54) is 19.2 Å². The highest BCUT2D eigenvalue weighted by molar-refractivity contribution is 7.98. The van der Waals surface area contributed by atoms with Crippen LogP contribution in [-0.2, 0) is 11.2 Å². The number of methoxy groups -OCH3 is 1. The first-order valence-electron chi connectivity index (χ1n) is 11.4. The maximum atomic E-state index is 13.5. The number of halogens is 1. The average molecular weight is 499 g/mol. The normalized spacial score (nSPS) is 11.7. The molecule has 35 heavy (non-hydrogen) atoms. The van der Waals surface area contributed by atoms with Crippen molar-refractivity contribution in [3.05, 3.63) is 71.7 Å². The number of ether oxygens (including phenoxy) is 1. The Morgan fingerprint density at radius 1 is 1.20 bits per heavy atom. The van der Waals surface area contributed by atoms with Crippen molar-refractivity contribution in [2.75, 3.05) is 32.7 Å². The minimum atomic E-state index is -0.628. The van der Waals surface area contributed by atoms with Gasteiger partial charge in [-0.05, 0) is 61.6 Å². The SMILES string of the molecule is COc1ccccc1C(=O)NC(CCSC)C(=O)N(C)CCCc1cc(-c2cccc(F)c2)n[nH]1. The molecule has 0 aliphatic heterocycles. The summed E-state index contributed by atoms with van der Waals surface area (Å²) >= 11 is 1.62. The van der Waals surface area contributed by atoms with Crippen molar-refractivity contribution in [1.82, 2.24) is 20.4 Å². The molecule has 2 aromatic carbocycles. The fourth-order valence-electron chi connectivity index (χ4n) is 3.73. The summed E-state index contributed by atoms with van der Waals surface area (Å²) in [6.45, 7) is 0.521. The predicted molar refractivity (Wildman–Crippen MR) is 137 cm³/mol. The topological polar surface area (TPSA) is 87.3 Å². The first-order chi connectivity index (χ1) is 16.9. The van der Waals surface area contributed by atoms with Gasteiger partial charge in [0.15, 0.2) is 0 Å². The molecule has 1 atom stereocenters. The number of aromatic amines is 1. The molecular formula is C26H31FN4O3S. The fraction of sp³-hybridized carbons (Fsp3) is 0.346. The van der Waals surface area contributed by atoms with Gasteiger partial charge in [0.05, 0.1) is 18.4 Å². The highest BCUT2D eigenvalue weighted by Gasteiger charge is 2.25. The van der Waals surface area contributed by atoms with E-state index in [-0.39, 0.29) is 17.6 Å². The Morgan fingerprint density at radius 2 is 2.00 bits per heavy atom. The molecule has 0 saturated heterocycles. The first-order valence-corrected chi connectivity index (χ1v) is 12.8. The third kappa shape index (κ3) is 7.32. The summed E-state index contributed by atoms with van der Waals surface area (Å²) < 4.78 is 18.8. The van der Waals surface area contributed by atoms with Gasteiger partial charge in [-0.25, -0.2) is 4.39 Å². The van der Waals surface area contributed by atoms with Crippen LogP contribution in [0, 0.1) is 5.82 Å². The lowest BCUT2D eigenvalue weighted by atomic mass is 10.1. The number of aryl methyl sites for hydroxylation is 1. The average Bonchev–Trinajstić information content (AvgIpc) is 3.34. The summed E-state index contributed by atoms with van der Waals surface area (Å²) in [5.41, 5.74) is 2.70. The van der Waals surface area contributed by atoms with Gasteiger partial charge < -0.3 is 15.0 Å². The Kier molecular flexibility index (Phi) is 9.72. The van der Waals surface area contributed by atoms with Crippen LogP contribution < -0.4 is 10.1 Å². The van der Waals surface area contributed by atoms with Gasteiger partial charge in [0, 0.05) is 24.8 Å². The summed E-state index contributed by atoms with van der Waals surface area (Å²) in [6, 6.07) is 14.5. The number of amides is 2. The highest BCUT2D eigenvalue weighted by atomic mass is 32.2. The van der Waals surface area contributed by atoms with E-state index in [0.29, 0.717) is 48.4 Å². The molecule has 0 aliphatic rings. The molecule has 0 radical (unpaired) electrons. The Labute approximate surface area is 209 Å². The molecule has 9 heteroatoms. The van der Waals surface area contributed by atoms with Crippen molar-refractivity contribution < 1.29 is 18.7 Å². The second-order valence-electron chi connectivity index (χ2n) is 8.16. The Bertz CT molecular complexity index is 1140. The summed E-state index contributed by atoms with van der Waals surface area (Å²) in [5, 5.41) is 10.1. The van der Waals surface area contributed by atoms with E-state index in [4.69, 9.17) is 4.74 Å². The van der Waals surface area contributed by atoms with Gasteiger partial charge in [-0.2, -0.15) is 16.9 Å². The third-order valence-corrected chi connectivity index (χ3v) is 6.28. The number of benzene rings is 2. The zero-order chi connectivity index (χ0) is 25.2. The molecule has 3 aromatic rings. The standard InChI is InChI=1S/C26H31FN4O3S/c1-31(14-7-10-20-17-23(30-29-20)18-8-6-9-19(27)16-18)26(33)22(13-15-35-3)28-25(32)21-11-4-5-12-24(21)34-2/h4-6,8-9,11-12,16-17,22H,7,10,13-15H2,1-3H3,(H,28,32)(H,29,30). The zero-order valence-electron chi connectivity index (χ0n) is 20.2. The predicted octanol–water partition coefficient (Wildman–Crippen LogP) is 4.17. The van der Waals surface area contributed by atoms with E-state index in [2.05, 4.69) is 15.5 Å². The fourth-order valence-corrected chi connectivity index (χ4v) is 4.20. The number of aromatic nitrogens is 2. The number of H-pyrrole nitrogens is 1. The largest absolute Gasteiger partial charge is 0.496 e. The smallest absolute Gasteiger partial charge is 0.255 e. The van der Waals surface area contributed by atoms with Gasteiger partial charge in [-0.3, -0.25) is 14.7 Å². The van der Waals surface area contributed by atoms with Gasteiger partial charge in [0.1, 0.15) is 17.6 Å². The van der Waals surface area contributed by atoms with Crippen LogP contribution in [0.1, 0.15) is 28.9 Å². The van der Waals surface area contributed by atoms with E-state index < -0.39 is 6.04 Å². The van der Waals surface area contributed by atoms with E-state index in [0.717, 1.165) is 11.4 Å². The number of nitrogens with one attached hydrogen (secondary N) is 2. The number of thioether (sulfide) groups is 1. The summed E-state index contributed by atoms with van der Waals surface area (Å²) in [4.78, 5) is 27.7. The maximum Gasteiger partial charge on any atom is 0.255 e. The second-order valence-corrected chi connectivity index (χ2v) is 9.15. The van der Waals surface area contributed by atoms with Crippen LogP contribution in [0.4, 0.5) is 4.39 Å². The molecule has 7 nitrogen and oxygen atoms in total. The second kappa shape index (κ2) is 12.9. The van der Waals surface area contributed by atoms with Crippen LogP contribution in [0.3, 0.4) is 0 Å². The molecule has 1 aromatic heterocycles. The number of carbonyl (C=O) groups is 2. The van der Waals surface area contributed by atoms with Crippen molar-refractivity contribution in [2.24, 2.45) is 0 Å². The molecule has 0 bridgehead atoms. The number of nitrogens with zero attached hydrogens (tertiary/aromatic N) is 2. The molecule has 186 valence electrons. The van der Waals surface area contributed by atoms with Gasteiger partial charge in [0.2, 0.25) is 5.91 Å². The molecule has 0 aliphatic carbocycles. The van der Waals surface area contributed by atoms with Crippen LogP contribution in [0.2, 0.25) is 0 Å². The molecule has 0 spiro atoms. The Hall–Kier alpha value is -3.33. The van der Waals surface area contributed by atoms with Gasteiger partial charge >= 0.3 is 0 Å². The molecule has 3 rings (SSSR count). The van der Waals surface area contributed by atoms with E-state index in [1.807, 2.05) is 18.4 Å². The molecule has 2 N–H and O–H groups in total. The van der Waals surface area contributed by atoms with Gasteiger partial charge in [-0.15, -0.1) is 0 Å².